The minimum Gasteiger partial charge on any atom is -0.489 e. The van der Waals surface area contributed by atoms with Gasteiger partial charge in [0.05, 0.1) is 0 Å². The van der Waals surface area contributed by atoms with Crippen LogP contribution in [0, 0.1) is 6.42 Å². The van der Waals surface area contributed by atoms with Crippen molar-refractivity contribution in [1.82, 2.24) is 0 Å². The van der Waals surface area contributed by atoms with Gasteiger partial charge < -0.3 is 4.74 Å². The lowest BCUT2D eigenvalue weighted by atomic mass is 10.1. The number of rotatable bonds is 1. The fraction of sp³-hybridized carbons (Fsp3) is 0.182. The topological polar surface area (TPSA) is 9.23 Å². The van der Waals surface area contributed by atoms with Crippen LogP contribution in [0.1, 0.15) is 12.5 Å². The van der Waals surface area contributed by atoms with Crippen molar-refractivity contribution in [3.05, 3.63) is 41.8 Å². The molecule has 0 amide bonds. The van der Waals surface area contributed by atoms with Crippen LogP contribution in [0.15, 0.2) is 29.8 Å². The maximum atomic E-state index is 5.53. The molecule has 1 nitrogen and oxygen atoms in total. The van der Waals surface area contributed by atoms with Crippen LogP contribution in [0.3, 0.4) is 0 Å². The molecular weight excluding hydrogens is 148 g/mol. The van der Waals surface area contributed by atoms with E-state index < -0.39 is 0 Å². The molecule has 0 aromatic heterocycles. The first kappa shape index (κ1) is 7.41. The maximum absolute atomic E-state index is 5.53. The Kier molecular flexibility index (Phi) is 1.86. The summed E-state index contributed by atoms with van der Waals surface area (Å²) in [6, 6.07) is 8.08. The molecule has 1 heteroatoms. The van der Waals surface area contributed by atoms with Crippen molar-refractivity contribution in [2.45, 2.75) is 6.92 Å². The van der Waals surface area contributed by atoms with Gasteiger partial charge in [-0.05, 0) is 24.1 Å². The molecule has 0 unspecified atom stereocenters. The standard InChI is InChI=1S/C11H11O/c1-2-9-7-10-5-3-4-6-11(10)12-8-9/h2-7H,8H2,1H3. The molecule has 0 aliphatic carbocycles. The molecule has 0 fully saturated rings. The highest BCUT2D eigenvalue weighted by Crippen LogP contribution is 2.26. The molecule has 0 saturated heterocycles. The molecule has 1 aromatic carbocycles. The zero-order valence-corrected chi connectivity index (χ0v) is 7.08. The summed E-state index contributed by atoms with van der Waals surface area (Å²) >= 11 is 0. The van der Waals surface area contributed by atoms with Gasteiger partial charge >= 0.3 is 0 Å². The Morgan fingerprint density at radius 2 is 2.17 bits per heavy atom. The zero-order chi connectivity index (χ0) is 8.39. The second-order valence-electron chi connectivity index (χ2n) is 2.83. The summed E-state index contributed by atoms with van der Waals surface area (Å²) in [7, 11) is 0. The van der Waals surface area contributed by atoms with E-state index >= 15 is 0 Å². The maximum Gasteiger partial charge on any atom is 0.127 e. The van der Waals surface area contributed by atoms with Crippen molar-refractivity contribution in [1.29, 1.82) is 0 Å². The predicted octanol–water partition coefficient (Wildman–Crippen LogP) is 2.69. The van der Waals surface area contributed by atoms with E-state index in [1.54, 1.807) is 0 Å². The van der Waals surface area contributed by atoms with Gasteiger partial charge in [-0.1, -0.05) is 25.1 Å². The van der Waals surface area contributed by atoms with Crippen molar-refractivity contribution >= 4 is 6.08 Å². The van der Waals surface area contributed by atoms with E-state index in [0.717, 1.165) is 5.75 Å². The van der Waals surface area contributed by atoms with Crippen molar-refractivity contribution in [2.24, 2.45) is 0 Å². The molecule has 1 aliphatic heterocycles. The quantitative estimate of drug-likeness (QED) is 0.612. The van der Waals surface area contributed by atoms with Crippen LogP contribution in [0.25, 0.3) is 6.08 Å². The smallest absolute Gasteiger partial charge is 0.127 e. The summed E-state index contributed by atoms with van der Waals surface area (Å²) in [6.45, 7) is 2.73. The van der Waals surface area contributed by atoms with E-state index in [0.29, 0.717) is 6.61 Å². The Labute approximate surface area is 72.7 Å². The van der Waals surface area contributed by atoms with E-state index in [1.165, 1.54) is 11.1 Å². The second kappa shape index (κ2) is 3.02. The van der Waals surface area contributed by atoms with Gasteiger partial charge in [-0.25, -0.2) is 0 Å². The summed E-state index contributed by atoms with van der Waals surface area (Å²) in [5.74, 6) is 0.989. The van der Waals surface area contributed by atoms with E-state index in [2.05, 4.69) is 18.6 Å². The normalized spacial score (nSPS) is 14.6. The highest BCUT2D eigenvalue weighted by molar-refractivity contribution is 5.63. The minimum atomic E-state index is 0.702. The summed E-state index contributed by atoms with van der Waals surface area (Å²) in [5, 5.41) is 0. The van der Waals surface area contributed by atoms with Gasteiger partial charge in [0, 0.05) is 5.56 Å². The third-order valence-corrected chi connectivity index (χ3v) is 2.03. The Hall–Kier alpha value is -1.24. The SMILES string of the molecule is C[CH]C1=Cc2ccccc2OC1. The average Bonchev–Trinajstić information content (AvgIpc) is 2.17. The van der Waals surface area contributed by atoms with Crippen LogP contribution < -0.4 is 4.74 Å². The number of hydrogen-bond donors (Lipinski definition) is 0. The molecule has 0 N–H and O–H groups in total. The van der Waals surface area contributed by atoms with Crippen LogP contribution in [0.4, 0.5) is 0 Å². The zero-order valence-electron chi connectivity index (χ0n) is 7.08. The van der Waals surface area contributed by atoms with Crippen LogP contribution >= 0.6 is 0 Å². The van der Waals surface area contributed by atoms with Crippen LogP contribution in [0.5, 0.6) is 5.75 Å². The van der Waals surface area contributed by atoms with Gasteiger partial charge in [0.25, 0.3) is 0 Å². The van der Waals surface area contributed by atoms with Gasteiger partial charge in [0.2, 0.25) is 0 Å². The first-order valence-corrected chi connectivity index (χ1v) is 4.12. The Morgan fingerprint density at radius 3 is 3.00 bits per heavy atom. The molecule has 12 heavy (non-hydrogen) atoms. The molecule has 0 saturated carbocycles. The first-order chi connectivity index (χ1) is 5.90. The second-order valence-corrected chi connectivity index (χ2v) is 2.83. The predicted molar refractivity (Wildman–Crippen MR) is 49.9 cm³/mol. The summed E-state index contributed by atoms with van der Waals surface area (Å²) in [5.41, 5.74) is 2.42. The summed E-state index contributed by atoms with van der Waals surface area (Å²) in [4.78, 5) is 0. The van der Waals surface area contributed by atoms with Crippen molar-refractivity contribution in [2.75, 3.05) is 6.61 Å². The fourth-order valence-corrected chi connectivity index (χ4v) is 1.30. The molecule has 1 aliphatic rings. The van der Waals surface area contributed by atoms with Gasteiger partial charge in [0.1, 0.15) is 12.4 Å². The third kappa shape index (κ3) is 1.22. The van der Waals surface area contributed by atoms with E-state index in [-0.39, 0.29) is 0 Å². The van der Waals surface area contributed by atoms with Crippen molar-refractivity contribution < 1.29 is 4.74 Å². The molecule has 1 heterocycles. The Morgan fingerprint density at radius 1 is 1.33 bits per heavy atom. The lowest BCUT2D eigenvalue weighted by molar-refractivity contribution is 0.349. The molecule has 0 spiro atoms. The van der Waals surface area contributed by atoms with Gasteiger partial charge in [-0.2, -0.15) is 0 Å². The number of ether oxygens (including phenoxy) is 1. The summed E-state index contributed by atoms with van der Waals surface area (Å²) in [6.07, 6.45) is 4.24. The van der Waals surface area contributed by atoms with Gasteiger partial charge in [0.15, 0.2) is 0 Å². The first-order valence-electron chi connectivity index (χ1n) is 4.12. The molecule has 1 aromatic rings. The number of hydrogen-bond acceptors (Lipinski definition) is 1. The van der Waals surface area contributed by atoms with Gasteiger partial charge in [-0.3, -0.25) is 0 Å². The van der Waals surface area contributed by atoms with Crippen LogP contribution in [0.2, 0.25) is 0 Å². The largest absolute Gasteiger partial charge is 0.489 e. The van der Waals surface area contributed by atoms with E-state index in [4.69, 9.17) is 4.74 Å². The van der Waals surface area contributed by atoms with Crippen LogP contribution in [-0.4, -0.2) is 6.61 Å². The Bertz CT molecular complexity index is 313. The number of fused-ring (bicyclic) bond motifs is 1. The van der Waals surface area contributed by atoms with E-state index in [1.807, 2.05) is 25.1 Å². The monoisotopic (exact) mass is 159 g/mol. The molecule has 2 rings (SSSR count). The third-order valence-electron chi connectivity index (χ3n) is 2.03. The molecule has 0 atom stereocenters. The van der Waals surface area contributed by atoms with Crippen molar-refractivity contribution in [3.63, 3.8) is 0 Å². The molecule has 1 radical (unpaired) electrons. The van der Waals surface area contributed by atoms with Crippen molar-refractivity contribution in [3.8, 4) is 5.75 Å². The molecular formula is C11H11O. The highest BCUT2D eigenvalue weighted by atomic mass is 16.5. The van der Waals surface area contributed by atoms with E-state index in [9.17, 15) is 0 Å². The lowest BCUT2D eigenvalue weighted by Crippen LogP contribution is -2.06. The number of benzene rings is 1. The molecule has 61 valence electrons. The average molecular weight is 159 g/mol. The number of para-hydroxylation sites is 1. The van der Waals surface area contributed by atoms with Crippen LogP contribution in [-0.2, 0) is 0 Å². The molecule has 0 bridgehead atoms. The summed E-state index contributed by atoms with van der Waals surface area (Å²) < 4.78 is 5.53. The van der Waals surface area contributed by atoms with Gasteiger partial charge in [-0.15, -0.1) is 0 Å². The highest BCUT2D eigenvalue weighted by Gasteiger charge is 2.08. The lowest BCUT2D eigenvalue weighted by Gasteiger charge is -2.16. The fourth-order valence-electron chi connectivity index (χ4n) is 1.30. The minimum absolute atomic E-state index is 0.702. The Balaban J connectivity index is 2.41.